The van der Waals surface area contributed by atoms with Crippen LogP contribution in [-0.2, 0) is 4.79 Å². The van der Waals surface area contributed by atoms with Crippen molar-refractivity contribution in [2.45, 2.75) is 26.3 Å². The number of carbonyl (C=O) groups is 1. The van der Waals surface area contributed by atoms with Crippen LogP contribution in [0.3, 0.4) is 0 Å². The van der Waals surface area contributed by atoms with Crippen molar-refractivity contribution in [1.29, 1.82) is 0 Å². The molecule has 0 saturated heterocycles. The van der Waals surface area contributed by atoms with E-state index < -0.39 is 4.92 Å². The van der Waals surface area contributed by atoms with Crippen molar-refractivity contribution in [3.05, 3.63) is 64.2 Å². The van der Waals surface area contributed by atoms with Crippen molar-refractivity contribution in [2.75, 3.05) is 13.7 Å². The van der Waals surface area contributed by atoms with Gasteiger partial charge in [-0.15, -0.1) is 0 Å². The number of hydrogen-bond donors (Lipinski definition) is 1. The predicted molar refractivity (Wildman–Crippen MR) is 102 cm³/mol. The van der Waals surface area contributed by atoms with Crippen LogP contribution in [0.5, 0.6) is 11.5 Å². The number of nitrogens with zero attached hydrogens (tertiary/aromatic N) is 1. The van der Waals surface area contributed by atoms with Gasteiger partial charge >= 0.3 is 0 Å². The van der Waals surface area contributed by atoms with Crippen molar-refractivity contribution in [3.8, 4) is 11.5 Å². The number of nitrogens with one attached hydrogen (secondary N) is 1. The highest BCUT2D eigenvalue weighted by Crippen LogP contribution is 2.31. The summed E-state index contributed by atoms with van der Waals surface area (Å²) < 4.78 is 10.6. The molecule has 0 aliphatic rings. The lowest BCUT2D eigenvalue weighted by molar-refractivity contribution is -0.385. The van der Waals surface area contributed by atoms with E-state index in [-0.39, 0.29) is 30.0 Å². The number of ether oxygens (including phenoxy) is 2. The van der Waals surface area contributed by atoms with Gasteiger partial charge in [0.15, 0.2) is 18.1 Å². The van der Waals surface area contributed by atoms with Gasteiger partial charge in [-0.3, -0.25) is 14.9 Å². The summed E-state index contributed by atoms with van der Waals surface area (Å²) >= 11 is 0. The number of hydrogen-bond acceptors (Lipinski definition) is 5. The Kier molecular flexibility index (Phi) is 7.16. The Labute approximate surface area is 158 Å². The van der Waals surface area contributed by atoms with Crippen LogP contribution in [0.1, 0.15) is 31.9 Å². The van der Waals surface area contributed by atoms with Crippen LogP contribution in [0.4, 0.5) is 5.69 Å². The van der Waals surface area contributed by atoms with E-state index in [4.69, 9.17) is 9.47 Å². The smallest absolute Gasteiger partial charge is 0.273 e. The summed E-state index contributed by atoms with van der Waals surface area (Å²) in [6, 6.07) is 13.6. The Morgan fingerprint density at radius 2 is 1.85 bits per heavy atom. The van der Waals surface area contributed by atoms with E-state index in [1.165, 1.54) is 25.3 Å². The molecule has 2 rings (SSSR count). The van der Waals surface area contributed by atoms with Gasteiger partial charge in [0, 0.05) is 6.07 Å². The van der Waals surface area contributed by atoms with Crippen LogP contribution >= 0.6 is 0 Å². The molecule has 144 valence electrons. The molecule has 0 bridgehead atoms. The Balaban J connectivity index is 2.06. The second kappa shape index (κ2) is 9.56. The molecule has 0 saturated carbocycles. The van der Waals surface area contributed by atoms with Gasteiger partial charge in [0.1, 0.15) is 0 Å². The van der Waals surface area contributed by atoms with E-state index in [2.05, 4.69) is 19.2 Å². The molecule has 0 spiro atoms. The lowest BCUT2D eigenvalue weighted by Crippen LogP contribution is -2.33. The minimum Gasteiger partial charge on any atom is -0.493 e. The molecule has 2 aromatic rings. The summed E-state index contributed by atoms with van der Waals surface area (Å²) in [5.41, 5.74) is 0.889. The van der Waals surface area contributed by atoms with Crippen LogP contribution in [0.15, 0.2) is 48.5 Å². The van der Waals surface area contributed by atoms with Gasteiger partial charge in [-0.2, -0.15) is 0 Å². The van der Waals surface area contributed by atoms with Crippen LogP contribution in [0.2, 0.25) is 0 Å². The fraction of sp³-hybridized carbons (Fsp3) is 0.350. The molecule has 27 heavy (non-hydrogen) atoms. The van der Waals surface area contributed by atoms with Gasteiger partial charge in [0.2, 0.25) is 0 Å². The fourth-order valence-corrected chi connectivity index (χ4v) is 2.71. The van der Waals surface area contributed by atoms with Crippen LogP contribution in [0, 0.1) is 16.0 Å². The first kappa shape index (κ1) is 20.2. The number of nitro groups is 1. The maximum atomic E-state index is 12.4. The van der Waals surface area contributed by atoms with E-state index in [1.54, 1.807) is 0 Å². The Hall–Kier alpha value is -3.09. The zero-order chi connectivity index (χ0) is 19.8. The molecule has 0 radical (unpaired) electrons. The van der Waals surface area contributed by atoms with Crippen molar-refractivity contribution in [3.63, 3.8) is 0 Å². The highest BCUT2D eigenvalue weighted by atomic mass is 16.6. The zero-order valence-electron chi connectivity index (χ0n) is 15.7. The minimum absolute atomic E-state index is 0.130. The molecule has 7 nitrogen and oxygen atoms in total. The average molecular weight is 372 g/mol. The molecule has 2 aromatic carbocycles. The highest BCUT2D eigenvalue weighted by molar-refractivity contribution is 5.78. The maximum Gasteiger partial charge on any atom is 0.273 e. The molecule has 0 aliphatic carbocycles. The van der Waals surface area contributed by atoms with E-state index in [9.17, 15) is 14.9 Å². The SMILES string of the molecule is COc1ccc([N+](=O)[O-])cc1OCC(=O)N[C@H](CC(C)C)c1ccccc1. The maximum absolute atomic E-state index is 12.4. The number of amides is 1. The third kappa shape index (κ3) is 5.99. The Morgan fingerprint density at radius 1 is 1.15 bits per heavy atom. The topological polar surface area (TPSA) is 90.7 Å². The van der Waals surface area contributed by atoms with E-state index in [1.807, 2.05) is 30.3 Å². The largest absolute Gasteiger partial charge is 0.493 e. The summed E-state index contributed by atoms with van der Waals surface area (Å²) in [5.74, 6) is 0.573. The van der Waals surface area contributed by atoms with E-state index >= 15 is 0 Å². The molecule has 1 N–H and O–H groups in total. The number of benzene rings is 2. The van der Waals surface area contributed by atoms with Crippen molar-refractivity contribution >= 4 is 11.6 Å². The minimum atomic E-state index is -0.527. The van der Waals surface area contributed by atoms with E-state index in [0.717, 1.165) is 12.0 Å². The standard InChI is InChI=1S/C20H24N2O5/c1-14(2)11-17(15-7-5-4-6-8-15)21-20(23)13-27-19-12-16(22(24)25)9-10-18(19)26-3/h4-10,12,14,17H,11,13H2,1-3H3,(H,21,23)/t17-/m1/s1. The van der Waals surface area contributed by atoms with Crippen LogP contribution in [0.25, 0.3) is 0 Å². The van der Waals surface area contributed by atoms with Crippen molar-refractivity contribution in [2.24, 2.45) is 5.92 Å². The molecule has 7 heteroatoms. The molecule has 0 heterocycles. The molecule has 1 atom stereocenters. The second-order valence-electron chi connectivity index (χ2n) is 6.54. The number of nitro benzene ring substituents is 1. The van der Waals surface area contributed by atoms with Gasteiger partial charge in [0.05, 0.1) is 24.1 Å². The molecule has 1 amide bonds. The number of non-ortho nitro benzene ring substituents is 1. The van der Waals surface area contributed by atoms with Gasteiger partial charge in [-0.1, -0.05) is 44.2 Å². The average Bonchev–Trinajstić information content (AvgIpc) is 2.65. The normalized spacial score (nSPS) is 11.7. The first-order valence-corrected chi connectivity index (χ1v) is 8.70. The van der Waals surface area contributed by atoms with E-state index in [0.29, 0.717) is 11.7 Å². The monoisotopic (exact) mass is 372 g/mol. The lowest BCUT2D eigenvalue weighted by Gasteiger charge is -2.21. The Bertz CT molecular complexity index is 777. The summed E-state index contributed by atoms with van der Waals surface area (Å²) in [7, 11) is 1.43. The van der Waals surface area contributed by atoms with Gasteiger partial charge in [-0.25, -0.2) is 0 Å². The molecule has 0 aliphatic heterocycles. The van der Waals surface area contributed by atoms with Crippen LogP contribution in [-0.4, -0.2) is 24.5 Å². The third-order valence-electron chi connectivity index (χ3n) is 3.96. The molecule has 0 fully saturated rings. The van der Waals surface area contributed by atoms with Gasteiger partial charge in [-0.05, 0) is 24.0 Å². The highest BCUT2D eigenvalue weighted by Gasteiger charge is 2.18. The predicted octanol–water partition coefficient (Wildman–Crippen LogP) is 3.89. The molecule has 0 aromatic heterocycles. The molecular weight excluding hydrogens is 348 g/mol. The summed E-state index contributed by atoms with van der Waals surface area (Å²) in [6.45, 7) is 3.91. The van der Waals surface area contributed by atoms with Gasteiger partial charge < -0.3 is 14.8 Å². The summed E-state index contributed by atoms with van der Waals surface area (Å²) in [6.07, 6.45) is 0.788. The first-order chi connectivity index (χ1) is 12.9. The quantitative estimate of drug-likeness (QED) is 0.533. The Morgan fingerprint density at radius 3 is 2.44 bits per heavy atom. The summed E-state index contributed by atoms with van der Waals surface area (Å²) in [5, 5.41) is 13.9. The van der Waals surface area contributed by atoms with Crippen molar-refractivity contribution in [1.82, 2.24) is 5.32 Å². The number of carbonyl (C=O) groups excluding carboxylic acids is 1. The van der Waals surface area contributed by atoms with Crippen molar-refractivity contribution < 1.29 is 19.2 Å². The zero-order valence-corrected chi connectivity index (χ0v) is 15.7. The second-order valence-corrected chi connectivity index (χ2v) is 6.54. The number of methoxy groups -OCH3 is 1. The number of rotatable bonds is 9. The third-order valence-corrected chi connectivity index (χ3v) is 3.96. The van der Waals surface area contributed by atoms with Gasteiger partial charge in [0.25, 0.3) is 11.6 Å². The first-order valence-electron chi connectivity index (χ1n) is 8.70. The fourth-order valence-electron chi connectivity index (χ4n) is 2.71. The van der Waals surface area contributed by atoms with Crippen LogP contribution < -0.4 is 14.8 Å². The lowest BCUT2D eigenvalue weighted by atomic mass is 9.97. The molecular formula is C20H24N2O5. The summed E-state index contributed by atoms with van der Waals surface area (Å²) in [4.78, 5) is 22.8. The molecule has 0 unspecified atom stereocenters.